The fourth-order valence-electron chi connectivity index (χ4n) is 1.52. The first kappa shape index (κ1) is 15.2. The van der Waals surface area contributed by atoms with E-state index in [4.69, 9.17) is 9.52 Å². The van der Waals surface area contributed by atoms with Gasteiger partial charge in [-0.2, -0.15) is 0 Å². The Labute approximate surface area is 110 Å². The topological polar surface area (TPSA) is 114 Å². The van der Waals surface area contributed by atoms with Crippen LogP contribution in [0.1, 0.15) is 19.1 Å². The lowest BCUT2D eigenvalue weighted by molar-refractivity contribution is -0.136. The van der Waals surface area contributed by atoms with E-state index in [9.17, 15) is 18.0 Å². The Balaban J connectivity index is 2.57. The highest BCUT2D eigenvalue weighted by Crippen LogP contribution is 2.07. The highest BCUT2D eigenvalue weighted by molar-refractivity contribution is 7.93. The lowest BCUT2D eigenvalue weighted by Crippen LogP contribution is -2.38. The monoisotopic (exact) mass is 289 g/mol. The lowest BCUT2D eigenvalue weighted by Gasteiger charge is -2.11. The van der Waals surface area contributed by atoms with Crippen LogP contribution < -0.4 is 5.32 Å². The minimum atomic E-state index is -4.00. The molecule has 1 aromatic rings. The smallest absolute Gasteiger partial charge is 0.321 e. The van der Waals surface area contributed by atoms with Crippen LogP contribution in [0.3, 0.4) is 0 Å². The van der Waals surface area contributed by atoms with Gasteiger partial charge in [-0.15, -0.1) is 0 Å². The molecule has 1 atom stereocenters. The van der Waals surface area contributed by atoms with E-state index in [2.05, 4.69) is 5.32 Å². The van der Waals surface area contributed by atoms with E-state index < -0.39 is 32.7 Å². The second-order valence-corrected chi connectivity index (χ2v) is 6.08. The van der Waals surface area contributed by atoms with Gasteiger partial charge < -0.3 is 14.8 Å². The number of aliphatic carboxylic acids is 1. The van der Waals surface area contributed by atoms with Gasteiger partial charge in [0.1, 0.15) is 11.5 Å². The number of sulfone groups is 1. The molecule has 1 amide bonds. The highest BCUT2D eigenvalue weighted by atomic mass is 32.2. The molecule has 1 aromatic heterocycles. The summed E-state index contributed by atoms with van der Waals surface area (Å²) in [6.45, 7) is 1.50. The molecule has 0 aliphatic carbocycles. The number of carbonyl (C=O) groups excluding carboxylic acids is 1. The zero-order valence-electron chi connectivity index (χ0n) is 10.3. The number of carboxylic acid groups (broad SMARTS) is 1. The van der Waals surface area contributed by atoms with Crippen molar-refractivity contribution in [2.45, 2.75) is 25.1 Å². The van der Waals surface area contributed by atoms with Gasteiger partial charge in [0.15, 0.2) is 15.1 Å². The standard InChI is InChI=1S/C11H15NO6S/c1-2-9(11(14)15)19(16,17)7-10(13)12-6-8-4-3-5-18-8/h3-5,9H,2,6-7H2,1H3,(H,12,13)(H,14,15). The fourth-order valence-corrected chi connectivity index (χ4v) is 3.00. The molecule has 0 aromatic carbocycles. The Morgan fingerprint density at radius 3 is 2.63 bits per heavy atom. The Morgan fingerprint density at radius 2 is 2.16 bits per heavy atom. The van der Waals surface area contributed by atoms with Crippen molar-refractivity contribution in [3.63, 3.8) is 0 Å². The molecule has 106 valence electrons. The van der Waals surface area contributed by atoms with Gasteiger partial charge in [0.2, 0.25) is 5.91 Å². The number of rotatable bonds is 7. The van der Waals surface area contributed by atoms with Crippen LogP contribution in [0.5, 0.6) is 0 Å². The van der Waals surface area contributed by atoms with Crippen molar-refractivity contribution >= 4 is 21.7 Å². The number of hydrogen-bond donors (Lipinski definition) is 2. The van der Waals surface area contributed by atoms with Crippen LogP contribution in [0.2, 0.25) is 0 Å². The van der Waals surface area contributed by atoms with E-state index in [1.54, 1.807) is 12.1 Å². The van der Waals surface area contributed by atoms with Gasteiger partial charge in [0.25, 0.3) is 0 Å². The quantitative estimate of drug-likeness (QED) is 0.740. The van der Waals surface area contributed by atoms with Gasteiger partial charge in [-0.25, -0.2) is 8.42 Å². The molecule has 0 saturated carbocycles. The van der Waals surface area contributed by atoms with E-state index >= 15 is 0 Å². The maximum absolute atomic E-state index is 11.7. The zero-order chi connectivity index (χ0) is 14.5. The minimum Gasteiger partial charge on any atom is -0.480 e. The van der Waals surface area contributed by atoms with E-state index in [-0.39, 0.29) is 13.0 Å². The predicted octanol–water partition coefficient (Wildman–Crippen LogP) is 0.174. The molecule has 0 fully saturated rings. The Morgan fingerprint density at radius 1 is 1.47 bits per heavy atom. The molecule has 1 rings (SSSR count). The van der Waals surface area contributed by atoms with Crippen molar-refractivity contribution in [3.05, 3.63) is 24.2 Å². The Bertz CT molecular complexity index is 534. The van der Waals surface area contributed by atoms with Gasteiger partial charge in [-0.1, -0.05) is 6.92 Å². The summed E-state index contributed by atoms with van der Waals surface area (Å²) < 4.78 is 28.4. The average Bonchev–Trinajstić information content (AvgIpc) is 2.78. The molecule has 0 saturated heterocycles. The fraction of sp³-hybridized carbons (Fsp3) is 0.455. The predicted molar refractivity (Wildman–Crippen MR) is 66.1 cm³/mol. The summed E-state index contributed by atoms with van der Waals surface area (Å²) in [6.07, 6.45) is 1.35. The lowest BCUT2D eigenvalue weighted by atomic mass is 10.3. The van der Waals surface area contributed by atoms with Crippen LogP contribution in [0.4, 0.5) is 0 Å². The maximum atomic E-state index is 11.7. The Hall–Kier alpha value is -1.83. The third-order valence-corrected chi connectivity index (χ3v) is 4.52. The SMILES string of the molecule is CCC(C(=O)O)S(=O)(=O)CC(=O)NCc1ccco1. The molecule has 1 heterocycles. The molecule has 7 nitrogen and oxygen atoms in total. The van der Waals surface area contributed by atoms with Crippen molar-refractivity contribution in [1.29, 1.82) is 0 Å². The number of amides is 1. The van der Waals surface area contributed by atoms with Gasteiger partial charge >= 0.3 is 5.97 Å². The van der Waals surface area contributed by atoms with Crippen LogP contribution in [0.25, 0.3) is 0 Å². The number of carbonyl (C=O) groups is 2. The molecule has 0 spiro atoms. The molecule has 0 aliphatic heterocycles. The van der Waals surface area contributed by atoms with Crippen molar-refractivity contribution in [2.75, 3.05) is 5.75 Å². The van der Waals surface area contributed by atoms with Crippen LogP contribution in [-0.2, 0) is 26.0 Å². The van der Waals surface area contributed by atoms with Crippen LogP contribution in [-0.4, -0.2) is 36.4 Å². The third-order valence-electron chi connectivity index (χ3n) is 2.45. The molecule has 0 aliphatic rings. The second kappa shape index (κ2) is 6.37. The summed E-state index contributed by atoms with van der Waals surface area (Å²) in [7, 11) is -4.00. The van der Waals surface area contributed by atoms with E-state index in [0.717, 1.165) is 0 Å². The molecule has 19 heavy (non-hydrogen) atoms. The largest absolute Gasteiger partial charge is 0.480 e. The van der Waals surface area contributed by atoms with Crippen molar-refractivity contribution < 1.29 is 27.5 Å². The number of hydrogen-bond acceptors (Lipinski definition) is 5. The molecular weight excluding hydrogens is 274 g/mol. The van der Waals surface area contributed by atoms with E-state index in [1.807, 2.05) is 0 Å². The molecule has 0 radical (unpaired) electrons. The first-order valence-electron chi connectivity index (χ1n) is 5.60. The first-order valence-corrected chi connectivity index (χ1v) is 7.31. The zero-order valence-corrected chi connectivity index (χ0v) is 11.1. The van der Waals surface area contributed by atoms with Gasteiger partial charge in [0.05, 0.1) is 12.8 Å². The molecule has 2 N–H and O–H groups in total. The maximum Gasteiger partial charge on any atom is 0.321 e. The van der Waals surface area contributed by atoms with Crippen molar-refractivity contribution in [2.24, 2.45) is 0 Å². The molecule has 8 heteroatoms. The molecule has 1 unspecified atom stereocenters. The number of furan rings is 1. The average molecular weight is 289 g/mol. The minimum absolute atomic E-state index is 0.0607. The normalized spacial score (nSPS) is 12.9. The summed E-state index contributed by atoms with van der Waals surface area (Å²) >= 11 is 0. The van der Waals surface area contributed by atoms with Crippen LogP contribution in [0, 0.1) is 0 Å². The third kappa shape index (κ3) is 4.40. The van der Waals surface area contributed by atoms with Crippen LogP contribution >= 0.6 is 0 Å². The summed E-state index contributed by atoms with van der Waals surface area (Å²) in [4.78, 5) is 22.2. The van der Waals surface area contributed by atoms with Crippen LogP contribution in [0.15, 0.2) is 22.8 Å². The molecular formula is C11H15NO6S. The van der Waals surface area contributed by atoms with E-state index in [0.29, 0.717) is 5.76 Å². The summed E-state index contributed by atoms with van der Waals surface area (Å²) in [5, 5.41) is 9.58. The summed E-state index contributed by atoms with van der Waals surface area (Å²) in [6, 6.07) is 3.26. The number of nitrogens with one attached hydrogen (secondary N) is 1. The summed E-state index contributed by atoms with van der Waals surface area (Å²) in [5.74, 6) is -2.56. The second-order valence-electron chi connectivity index (χ2n) is 3.90. The number of carboxylic acids is 1. The van der Waals surface area contributed by atoms with Gasteiger partial charge in [-0.3, -0.25) is 9.59 Å². The summed E-state index contributed by atoms with van der Waals surface area (Å²) in [5.41, 5.74) is 0. The first-order chi connectivity index (χ1) is 8.86. The van der Waals surface area contributed by atoms with Gasteiger partial charge in [0, 0.05) is 0 Å². The van der Waals surface area contributed by atoms with E-state index in [1.165, 1.54) is 13.2 Å². The van der Waals surface area contributed by atoms with Gasteiger partial charge in [-0.05, 0) is 18.6 Å². The van der Waals surface area contributed by atoms with Crippen molar-refractivity contribution in [1.82, 2.24) is 5.32 Å². The molecule has 0 bridgehead atoms. The Kier molecular flexibility index (Phi) is 5.11. The van der Waals surface area contributed by atoms with Crippen molar-refractivity contribution in [3.8, 4) is 0 Å². The highest BCUT2D eigenvalue weighted by Gasteiger charge is 2.32.